The van der Waals surface area contributed by atoms with Crippen LogP contribution in [0, 0.1) is 39.0 Å². The van der Waals surface area contributed by atoms with Gasteiger partial charge in [-0.1, -0.05) is 17.8 Å². The van der Waals surface area contributed by atoms with Crippen molar-refractivity contribution in [3.63, 3.8) is 0 Å². The minimum absolute atomic E-state index is 0.0498. The summed E-state index contributed by atoms with van der Waals surface area (Å²) in [7, 11) is 0. The van der Waals surface area contributed by atoms with Gasteiger partial charge in [0.2, 0.25) is 5.91 Å². The molecule has 0 bridgehead atoms. The number of hydrogen-bond donors (Lipinski definition) is 0. The first-order chi connectivity index (χ1) is 11.9. The summed E-state index contributed by atoms with van der Waals surface area (Å²) in [5, 5.41) is 9.50. The van der Waals surface area contributed by atoms with Gasteiger partial charge in [-0.15, -0.1) is 0 Å². The Bertz CT molecular complexity index is 793. The van der Waals surface area contributed by atoms with Crippen LogP contribution in [-0.4, -0.2) is 28.2 Å². The molecule has 0 spiro atoms. The highest BCUT2D eigenvalue weighted by Crippen LogP contribution is 2.22. The number of carbonyl (C=O) groups is 1. The van der Waals surface area contributed by atoms with Crippen LogP contribution in [0.1, 0.15) is 28.9 Å². The Morgan fingerprint density at radius 1 is 1.12 bits per heavy atom. The Kier molecular flexibility index (Phi) is 6.54. The van der Waals surface area contributed by atoms with E-state index in [4.69, 9.17) is 5.26 Å². The highest BCUT2D eigenvalue weighted by Gasteiger charge is 2.17. The van der Waals surface area contributed by atoms with Gasteiger partial charge in [-0.25, -0.2) is 9.97 Å². The normalized spacial score (nSPS) is 10.4. The van der Waals surface area contributed by atoms with E-state index in [-0.39, 0.29) is 11.7 Å². The van der Waals surface area contributed by atoms with Crippen LogP contribution in [0.25, 0.3) is 0 Å². The Labute approximate surface area is 153 Å². The van der Waals surface area contributed by atoms with Crippen molar-refractivity contribution in [3.8, 4) is 6.07 Å². The van der Waals surface area contributed by atoms with Gasteiger partial charge in [0.25, 0.3) is 0 Å². The molecule has 5 nitrogen and oxygen atoms in total. The van der Waals surface area contributed by atoms with Crippen molar-refractivity contribution in [2.45, 2.75) is 39.3 Å². The van der Waals surface area contributed by atoms with Crippen molar-refractivity contribution in [1.82, 2.24) is 9.97 Å². The van der Waals surface area contributed by atoms with Gasteiger partial charge in [0.1, 0.15) is 0 Å². The zero-order valence-electron chi connectivity index (χ0n) is 15.0. The summed E-state index contributed by atoms with van der Waals surface area (Å²) in [6.45, 7) is 8.26. The van der Waals surface area contributed by atoms with E-state index in [1.54, 1.807) is 4.90 Å². The molecule has 0 fully saturated rings. The zero-order chi connectivity index (χ0) is 18.4. The average molecular weight is 354 g/mol. The van der Waals surface area contributed by atoms with Crippen LogP contribution >= 0.6 is 11.8 Å². The lowest BCUT2D eigenvalue weighted by Crippen LogP contribution is -2.33. The van der Waals surface area contributed by atoms with Gasteiger partial charge in [0.05, 0.1) is 18.2 Å². The van der Waals surface area contributed by atoms with Crippen molar-refractivity contribution in [2.24, 2.45) is 0 Å². The zero-order valence-corrected chi connectivity index (χ0v) is 15.9. The van der Waals surface area contributed by atoms with Crippen molar-refractivity contribution in [1.29, 1.82) is 5.26 Å². The smallest absolute Gasteiger partial charge is 0.237 e. The molecule has 2 aromatic rings. The monoisotopic (exact) mass is 354 g/mol. The first kappa shape index (κ1) is 18.9. The number of carbonyl (C=O) groups excluding carboxylic acids is 1. The van der Waals surface area contributed by atoms with E-state index < -0.39 is 0 Å². The van der Waals surface area contributed by atoms with Gasteiger partial charge in [-0.05, 0) is 57.0 Å². The molecule has 0 aliphatic carbocycles. The van der Waals surface area contributed by atoms with Crippen molar-refractivity contribution < 1.29 is 4.79 Å². The van der Waals surface area contributed by atoms with E-state index in [1.807, 2.05) is 52.0 Å². The molecule has 1 aromatic heterocycles. The van der Waals surface area contributed by atoms with Gasteiger partial charge in [0.15, 0.2) is 5.16 Å². The molecule has 6 heteroatoms. The van der Waals surface area contributed by atoms with Crippen LogP contribution in [-0.2, 0) is 4.79 Å². The second-order valence-electron chi connectivity index (χ2n) is 5.94. The number of rotatable bonds is 6. The molecule has 25 heavy (non-hydrogen) atoms. The minimum Gasteiger partial charge on any atom is -0.311 e. The highest BCUT2D eigenvalue weighted by atomic mass is 32.2. The minimum atomic E-state index is -0.0498. The summed E-state index contributed by atoms with van der Waals surface area (Å²) in [5.74, 6) is 0.188. The van der Waals surface area contributed by atoms with E-state index >= 15 is 0 Å². The van der Waals surface area contributed by atoms with E-state index in [2.05, 4.69) is 16.0 Å². The number of hydrogen-bond acceptors (Lipinski definition) is 5. The molecule has 1 amide bonds. The standard InChI is InChI=1S/C19H22N4OS/c1-13-6-7-17(10-14(13)2)23(9-5-8-20)18(24)12-25-19-21-15(3)11-16(4)22-19/h6-7,10-11H,5,9,12H2,1-4H3. The first-order valence-corrected chi connectivity index (χ1v) is 9.09. The third kappa shape index (κ3) is 5.30. The van der Waals surface area contributed by atoms with Gasteiger partial charge >= 0.3 is 0 Å². The number of anilines is 1. The molecule has 0 saturated carbocycles. The van der Waals surface area contributed by atoms with E-state index in [0.29, 0.717) is 18.1 Å². The van der Waals surface area contributed by atoms with Crippen molar-refractivity contribution in [2.75, 3.05) is 17.2 Å². The van der Waals surface area contributed by atoms with Crippen LogP contribution in [0.4, 0.5) is 5.69 Å². The highest BCUT2D eigenvalue weighted by molar-refractivity contribution is 7.99. The number of aryl methyl sites for hydroxylation is 4. The number of thioether (sulfide) groups is 1. The van der Waals surface area contributed by atoms with Crippen LogP contribution in [0.3, 0.4) is 0 Å². The fourth-order valence-corrected chi connectivity index (χ4v) is 3.24. The average Bonchev–Trinajstić information content (AvgIpc) is 2.55. The lowest BCUT2D eigenvalue weighted by atomic mass is 10.1. The van der Waals surface area contributed by atoms with Gasteiger partial charge in [-0.3, -0.25) is 4.79 Å². The summed E-state index contributed by atoms with van der Waals surface area (Å²) in [4.78, 5) is 23.1. The molecule has 0 unspecified atom stereocenters. The molecule has 0 aliphatic rings. The molecule has 1 heterocycles. The Balaban J connectivity index is 2.15. The lowest BCUT2D eigenvalue weighted by molar-refractivity contribution is -0.116. The number of amides is 1. The lowest BCUT2D eigenvalue weighted by Gasteiger charge is -2.22. The summed E-state index contributed by atoms with van der Waals surface area (Å²) < 4.78 is 0. The molecule has 2 rings (SSSR count). The molecule has 0 radical (unpaired) electrons. The maximum atomic E-state index is 12.7. The largest absolute Gasteiger partial charge is 0.311 e. The fourth-order valence-electron chi connectivity index (χ4n) is 2.42. The van der Waals surface area contributed by atoms with Gasteiger partial charge in [0, 0.05) is 23.6 Å². The molecule has 1 aromatic carbocycles. The summed E-state index contributed by atoms with van der Waals surface area (Å²) in [5.41, 5.74) is 4.90. The number of aromatic nitrogens is 2. The maximum absolute atomic E-state index is 12.7. The molecular weight excluding hydrogens is 332 g/mol. The number of benzene rings is 1. The van der Waals surface area contributed by atoms with Crippen molar-refractivity contribution in [3.05, 3.63) is 46.8 Å². The quantitative estimate of drug-likeness (QED) is 0.584. The van der Waals surface area contributed by atoms with Crippen LogP contribution in [0.15, 0.2) is 29.4 Å². The molecule has 0 N–H and O–H groups in total. The number of nitriles is 1. The molecule has 0 atom stereocenters. The summed E-state index contributed by atoms with van der Waals surface area (Å²) in [6, 6.07) is 9.93. The Hall–Kier alpha value is -2.39. The SMILES string of the molecule is Cc1cc(C)nc(SCC(=O)N(CCC#N)c2ccc(C)c(C)c2)n1. The van der Waals surface area contributed by atoms with Gasteiger partial charge < -0.3 is 4.90 Å². The molecular formula is C19H22N4OS. The predicted molar refractivity (Wildman–Crippen MR) is 101 cm³/mol. The van der Waals surface area contributed by atoms with Crippen molar-refractivity contribution >= 4 is 23.4 Å². The Morgan fingerprint density at radius 2 is 1.80 bits per heavy atom. The van der Waals surface area contributed by atoms with Crippen LogP contribution < -0.4 is 4.90 Å². The van der Waals surface area contributed by atoms with E-state index in [0.717, 1.165) is 22.6 Å². The topological polar surface area (TPSA) is 69.9 Å². The number of nitrogens with zero attached hydrogens (tertiary/aromatic N) is 4. The molecule has 0 saturated heterocycles. The second-order valence-corrected chi connectivity index (χ2v) is 6.89. The van der Waals surface area contributed by atoms with Crippen LogP contribution in [0.2, 0.25) is 0 Å². The molecule has 0 aliphatic heterocycles. The summed E-state index contributed by atoms with van der Waals surface area (Å²) >= 11 is 1.32. The van der Waals surface area contributed by atoms with Gasteiger partial charge in [-0.2, -0.15) is 5.26 Å². The second kappa shape index (κ2) is 8.63. The maximum Gasteiger partial charge on any atom is 0.237 e. The third-order valence-electron chi connectivity index (χ3n) is 3.84. The van der Waals surface area contributed by atoms with E-state index in [9.17, 15) is 4.79 Å². The Morgan fingerprint density at radius 3 is 2.40 bits per heavy atom. The van der Waals surface area contributed by atoms with E-state index in [1.165, 1.54) is 17.3 Å². The fraction of sp³-hybridized carbons (Fsp3) is 0.368. The van der Waals surface area contributed by atoms with Crippen LogP contribution in [0.5, 0.6) is 0 Å². The third-order valence-corrected chi connectivity index (χ3v) is 4.67. The molecule has 130 valence electrons. The summed E-state index contributed by atoms with van der Waals surface area (Å²) in [6.07, 6.45) is 0.295. The predicted octanol–water partition coefficient (Wildman–Crippen LogP) is 3.75. The first-order valence-electron chi connectivity index (χ1n) is 8.10.